The van der Waals surface area contributed by atoms with Crippen LogP contribution in [-0.2, 0) is 27.1 Å². The number of fused-ring (bicyclic) bond motifs is 1. The molecule has 0 saturated heterocycles. The molecule has 156 valence electrons. The van der Waals surface area contributed by atoms with Crippen molar-refractivity contribution in [3.63, 3.8) is 0 Å². The van der Waals surface area contributed by atoms with Gasteiger partial charge in [-0.2, -0.15) is 10.2 Å². The average molecular weight is 407 g/mol. The summed E-state index contributed by atoms with van der Waals surface area (Å²) in [7, 11) is 3.83. The molecule has 0 aliphatic carbocycles. The van der Waals surface area contributed by atoms with E-state index in [0.29, 0.717) is 25.3 Å². The van der Waals surface area contributed by atoms with Gasteiger partial charge in [0.15, 0.2) is 0 Å². The van der Waals surface area contributed by atoms with Crippen molar-refractivity contribution < 1.29 is 9.13 Å². The maximum atomic E-state index is 14.0. The van der Waals surface area contributed by atoms with Gasteiger partial charge < -0.3 is 10.5 Å². The summed E-state index contributed by atoms with van der Waals surface area (Å²) in [6.45, 7) is 4.83. The van der Waals surface area contributed by atoms with E-state index in [1.807, 2.05) is 55.5 Å². The van der Waals surface area contributed by atoms with Gasteiger partial charge in [-0.25, -0.2) is 4.39 Å². The molecule has 4 aromatic rings. The summed E-state index contributed by atoms with van der Waals surface area (Å²) in [5, 5.41) is 9.91. The van der Waals surface area contributed by atoms with Crippen LogP contribution in [0.2, 0.25) is 0 Å². The molecule has 0 atom stereocenters. The normalized spacial score (nSPS) is 11.4. The molecule has 2 N–H and O–H groups in total. The second kappa shape index (κ2) is 7.91. The minimum absolute atomic E-state index is 0.326. The molecule has 0 unspecified atom stereocenters. The predicted molar refractivity (Wildman–Crippen MR) is 116 cm³/mol. The molecule has 30 heavy (non-hydrogen) atoms. The van der Waals surface area contributed by atoms with E-state index in [1.165, 1.54) is 17.7 Å². The highest BCUT2D eigenvalue weighted by Gasteiger charge is 2.14. The van der Waals surface area contributed by atoms with Gasteiger partial charge in [0.25, 0.3) is 0 Å². The lowest BCUT2D eigenvalue weighted by molar-refractivity contribution is 0.321. The van der Waals surface area contributed by atoms with Gasteiger partial charge in [-0.05, 0) is 49.2 Å². The highest BCUT2D eigenvalue weighted by molar-refractivity contribution is 5.88. The maximum Gasteiger partial charge on any atom is 0.130 e. The van der Waals surface area contributed by atoms with Crippen LogP contribution in [0.1, 0.15) is 22.6 Å². The SMILES string of the molecule is Cc1nn(C)c(C)c1CCOc1cc(F)ccc1-c1ccc2c(c1)c(CN)nn2C. The Bertz CT molecular complexity index is 1220. The molecule has 4 rings (SSSR count). The van der Waals surface area contributed by atoms with Crippen molar-refractivity contribution in [2.75, 3.05) is 6.61 Å². The molecule has 0 bridgehead atoms. The summed E-state index contributed by atoms with van der Waals surface area (Å²) in [6.07, 6.45) is 0.709. The van der Waals surface area contributed by atoms with E-state index in [0.717, 1.165) is 39.1 Å². The lowest BCUT2D eigenvalue weighted by Gasteiger charge is -2.13. The topological polar surface area (TPSA) is 70.9 Å². The van der Waals surface area contributed by atoms with E-state index in [-0.39, 0.29) is 5.82 Å². The van der Waals surface area contributed by atoms with Crippen LogP contribution in [0.3, 0.4) is 0 Å². The van der Waals surface area contributed by atoms with Crippen LogP contribution >= 0.6 is 0 Å². The van der Waals surface area contributed by atoms with Crippen LogP contribution in [0.15, 0.2) is 36.4 Å². The number of rotatable bonds is 6. The maximum absolute atomic E-state index is 14.0. The molecule has 0 aliphatic rings. The summed E-state index contributed by atoms with van der Waals surface area (Å²) < 4.78 is 23.7. The molecule has 2 aromatic heterocycles. The third kappa shape index (κ3) is 3.57. The molecule has 0 amide bonds. The fraction of sp³-hybridized carbons (Fsp3) is 0.304. The Kier molecular flexibility index (Phi) is 5.30. The van der Waals surface area contributed by atoms with E-state index in [4.69, 9.17) is 10.5 Å². The number of aryl methyl sites for hydroxylation is 3. The molecule has 0 fully saturated rings. The van der Waals surface area contributed by atoms with Crippen molar-refractivity contribution in [3.05, 3.63) is 64.9 Å². The number of halogens is 1. The van der Waals surface area contributed by atoms with Crippen LogP contribution in [0.4, 0.5) is 4.39 Å². The number of nitrogens with two attached hydrogens (primary N) is 1. The van der Waals surface area contributed by atoms with Crippen LogP contribution < -0.4 is 10.5 Å². The first kappa shape index (κ1) is 20.1. The fourth-order valence-electron chi connectivity index (χ4n) is 3.95. The van der Waals surface area contributed by atoms with Crippen molar-refractivity contribution in [1.82, 2.24) is 19.6 Å². The van der Waals surface area contributed by atoms with E-state index in [2.05, 4.69) is 10.2 Å². The highest BCUT2D eigenvalue weighted by atomic mass is 19.1. The van der Waals surface area contributed by atoms with E-state index in [9.17, 15) is 4.39 Å². The summed E-state index contributed by atoms with van der Waals surface area (Å²) in [4.78, 5) is 0. The summed E-state index contributed by atoms with van der Waals surface area (Å²) in [6, 6.07) is 10.7. The standard InChI is InChI=1S/C23H26FN5O/c1-14-18(15(2)28(3)26-14)9-10-30-23-12-17(24)6-7-19(23)16-5-8-22-20(11-16)21(13-25)27-29(22)4/h5-8,11-12H,9-10,13,25H2,1-4H3. The van der Waals surface area contributed by atoms with Crippen LogP contribution in [0.5, 0.6) is 5.75 Å². The zero-order valence-corrected chi connectivity index (χ0v) is 17.7. The molecular formula is C23H26FN5O. The van der Waals surface area contributed by atoms with E-state index < -0.39 is 0 Å². The van der Waals surface area contributed by atoms with Crippen LogP contribution in [0.25, 0.3) is 22.0 Å². The molecule has 0 spiro atoms. The molecule has 7 heteroatoms. The van der Waals surface area contributed by atoms with Crippen molar-refractivity contribution in [3.8, 4) is 16.9 Å². The van der Waals surface area contributed by atoms with Gasteiger partial charge in [0.05, 0.1) is 23.5 Å². The van der Waals surface area contributed by atoms with Crippen LogP contribution in [-0.4, -0.2) is 26.2 Å². The van der Waals surface area contributed by atoms with Gasteiger partial charge in [0.2, 0.25) is 0 Å². The lowest BCUT2D eigenvalue weighted by Crippen LogP contribution is -2.04. The molecular weight excluding hydrogens is 381 g/mol. The smallest absolute Gasteiger partial charge is 0.130 e. The van der Waals surface area contributed by atoms with Gasteiger partial charge in [-0.1, -0.05) is 6.07 Å². The number of ether oxygens (including phenoxy) is 1. The zero-order valence-electron chi connectivity index (χ0n) is 17.7. The van der Waals surface area contributed by atoms with E-state index in [1.54, 1.807) is 6.07 Å². The molecule has 0 saturated carbocycles. The van der Waals surface area contributed by atoms with Crippen molar-refractivity contribution >= 4 is 10.9 Å². The number of aromatic nitrogens is 4. The molecule has 0 radical (unpaired) electrons. The second-order valence-corrected chi connectivity index (χ2v) is 7.52. The van der Waals surface area contributed by atoms with Gasteiger partial charge in [-0.3, -0.25) is 9.36 Å². The first-order valence-electron chi connectivity index (χ1n) is 9.96. The van der Waals surface area contributed by atoms with Gasteiger partial charge in [0.1, 0.15) is 11.6 Å². The predicted octanol–water partition coefficient (Wildman–Crippen LogP) is 3.81. The first-order valence-corrected chi connectivity index (χ1v) is 9.96. The third-order valence-electron chi connectivity index (χ3n) is 5.64. The average Bonchev–Trinajstić information content (AvgIpc) is 3.17. The quantitative estimate of drug-likeness (QED) is 0.528. The summed E-state index contributed by atoms with van der Waals surface area (Å²) in [5.74, 6) is 0.194. The summed E-state index contributed by atoms with van der Waals surface area (Å²) in [5.41, 5.74) is 12.8. The number of nitrogens with zero attached hydrogens (tertiary/aromatic N) is 4. The van der Waals surface area contributed by atoms with E-state index >= 15 is 0 Å². The Hall–Kier alpha value is -3.19. The van der Waals surface area contributed by atoms with Crippen molar-refractivity contribution in [1.29, 1.82) is 0 Å². The lowest BCUT2D eigenvalue weighted by atomic mass is 10.0. The number of benzene rings is 2. The van der Waals surface area contributed by atoms with Gasteiger partial charge in [-0.15, -0.1) is 0 Å². The number of hydrogen-bond acceptors (Lipinski definition) is 4. The van der Waals surface area contributed by atoms with Gasteiger partial charge >= 0.3 is 0 Å². The fourth-order valence-corrected chi connectivity index (χ4v) is 3.95. The molecule has 2 aromatic carbocycles. The highest BCUT2D eigenvalue weighted by Crippen LogP contribution is 2.33. The Morgan fingerprint density at radius 2 is 1.83 bits per heavy atom. The Morgan fingerprint density at radius 3 is 2.53 bits per heavy atom. The zero-order chi connectivity index (χ0) is 21.4. The molecule has 2 heterocycles. The molecule has 0 aliphatic heterocycles. The Labute approximate surface area is 175 Å². The van der Waals surface area contributed by atoms with Gasteiger partial charge in [0, 0.05) is 49.8 Å². The van der Waals surface area contributed by atoms with Crippen molar-refractivity contribution in [2.45, 2.75) is 26.8 Å². The minimum atomic E-state index is -0.326. The Morgan fingerprint density at radius 1 is 1.03 bits per heavy atom. The largest absolute Gasteiger partial charge is 0.492 e. The summed E-state index contributed by atoms with van der Waals surface area (Å²) >= 11 is 0. The van der Waals surface area contributed by atoms with Crippen LogP contribution in [0, 0.1) is 19.7 Å². The second-order valence-electron chi connectivity index (χ2n) is 7.52. The Balaban J connectivity index is 1.64. The minimum Gasteiger partial charge on any atom is -0.492 e. The monoisotopic (exact) mass is 407 g/mol. The van der Waals surface area contributed by atoms with Crippen molar-refractivity contribution in [2.24, 2.45) is 19.8 Å². The number of hydrogen-bond donors (Lipinski definition) is 1. The molecule has 6 nitrogen and oxygen atoms in total. The third-order valence-corrected chi connectivity index (χ3v) is 5.64. The first-order chi connectivity index (χ1) is 14.4.